The molecule has 1 aromatic heterocycles. The SMILES string of the molecule is C#CCONC(=O)O[C@H]1[C@@H](O)[C@H](Oc2ccc3c(O)c(C(=O)OCC)c(=O)oc3c2C)OC(C)(C)[C@H]1OC. The molecule has 1 aromatic carbocycles. The van der Waals surface area contributed by atoms with Gasteiger partial charge in [-0.15, -0.1) is 6.42 Å². The topological polar surface area (TPSA) is 172 Å². The van der Waals surface area contributed by atoms with E-state index in [-0.39, 0.29) is 35.5 Å². The third-order valence-corrected chi connectivity index (χ3v) is 5.80. The number of rotatable bonds is 8. The second-order valence-electron chi connectivity index (χ2n) is 8.72. The average Bonchev–Trinajstić information content (AvgIpc) is 2.84. The van der Waals surface area contributed by atoms with Gasteiger partial charge in [-0.3, -0.25) is 4.84 Å². The van der Waals surface area contributed by atoms with E-state index in [4.69, 9.17) is 39.4 Å². The summed E-state index contributed by atoms with van der Waals surface area (Å²) in [6.07, 6.45) is -1.06. The van der Waals surface area contributed by atoms with Crippen molar-refractivity contribution in [1.29, 1.82) is 0 Å². The number of hydrogen-bond acceptors (Lipinski definition) is 12. The normalized spacial score (nSPS) is 22.3. The van der Waals surface area contributed by atoms with Crippen LogP contribution in [0.5, 0.6) is 11.5 Å². The molecule has 1 amide bonds. The van der Waals surface area contributed by atoms with Crippen molar-refractivity contribution < 1.29 is 52.7 Å². The highest BCUT2D eigenvalue weighted by molar-refractivity contribution is 5.99. The summed E-state index contributed by atoms with van der Waals surface area (Å²) in [5, 5.41) is 21.6. The number of methoxy groups -OCH3 is 1. The number of aliphatic hydroxyl groups is 1. The van der Waals surface area contributed by atoms with E-state index in [9.17, 15) is 24.6 Å². The van der Waals surface area contributed by atoms with Gasteiger partial charge >= 0.3 is 17.7 Å². The molecular formula is C25H29NO12. The van der Waals surface area contributed by atoms with Crippen LogP contribution >= 0.6 is 0 Å². The maximum absolute atomic E-state index is 12.4. The van der Waals surface area contributed by atoms with Gasteiger partial charge in [0.05, 0.1) is 17.6 Å². The number of esters is 1. The summed E-state index contributed by atoms with van der Waals surface area (Å²) < 4.78 is 32.7. The molecule has 2 heterocycles. The number of hydrogen-bond donors (Lipinski definition) is 3. The van der Waals surface area contributed by atoms with Gasteiger partial charge in [0.1, 0.15) is 29.8 Å². The van der Waals surface area contributed by atoms with Crippen molar-refractivity contribution in [3.05, 3.63) is 33.7 Å². The number of carbonyl (C=O) groups excluding carboxylic acids is 2. The molecule has 1 aliphatic rings. The van der Waals surface area contributed by atoms with Crippen molar-refractivity contribution in [2.75, 3.05) is 20.3 Å². The fourth-order valence-corrected chi connectivity index (χ4v) is 4.10. The van der Waals surface area contributed by atoms with Crippen LogP contribution in [0.25, 0.3) is 11.0 Å². The first-order valence-corrected chi connectivity index (χ1v) is 11.5. The number of amides is 1. The maximum atomic E-state index is 12.4. The Kier molecular flexibility index (Phi) is 8.85. The lowest BCUT2D eigenvalue weighted by molar-refractivity contribution is -0.305. The molecule has 0 saturated carbocycles. The molecule has 0 radical (unpaired) electrons. The van der Waals surface area contributed by atoms with Crippen LogP contribution in [0, 0.1) is 19.3 Å². The predicted octanol–water partition coefficient (Wildman–Crippen LogP) is 1.53. The van der Waals surface area contributed by atoms with Crippen molar-refractivity contribution in [2.45, 2.75) is 57.9 Å². The van der Waals surface area contributed by atoms with Crippen molar-refractivity contribution in [3.8, 4) is 23.8 Å². The quantitative estimate of drug-likeness (QED) is 0.147. The summed E-state index contributed by atoms with van der Waals surface area (Å²) >= 11 is 0. The number of nitrogens with one attached hydrogen (secondary N) is 1. The molecule has 0 aliphatic carbocycles. The highest BCUT2D eigenvalue weighted by Crippen LogP contribution is 2.37. The van der Waals surface area contributed by atoms with Crippen molar-refractivity contribution >= 4 is 23.0 Å². The van der Waals surface area contributed by atoms with Crippen LogP contribution in [-0.4, -0.2) is 72.8 Å². The van der Waals surface area contributed by atoms with Crippen LogP contribution in [0.1, 0.15) is 36.7 Å². The Hall–Kier alpha value is -3.83. The molecule has 2 aromatic rings. The van der Waals surface area contributed by atoms with E-state index in [2.05, 4.69) is 5.92 Å². The van der Waals surface area contributed by atoms with E-state index < -0.39 is 59.2 Å². The fraction of sp³-hybridized carbons (Fsp3) is 0.480. The average molecular weight is 536 g/mol. The van der Waals surface area contributed by atoms with Crippen molar-refractivity contribution in [3.63, 3.8) is 0 Å². The molecule has 206 valence electrons. The molecule has 1 saturated heterocycles. The van der Waals surface area contributed by atoms with E-state index in [0.29, 0.717) is 0 Å². The van der Waals surface area contributed by atoms with Gasteiger partial charge in [0.25, 0.3) is 0 Å². The molecule has 0 bridgehead atoms. The fourth-order valence-electron chi connectivity index (χ4n) is 4.10. The van der Waals surface area contributed by atoms with E-state index in [1.165, 1.54) is 26.2 Å². The standard InChI is InChI=1S/C25H29NO12/c1-7-11-34-26-24(31)37-19-17(28)23(38-25(4,5)20(19)32-6)35-14-10-9-13-16(27)15(21(29)33-8-2)22(30)36-18(13)12(14)3/h1,9-10,17,19-20,23,27-28H,8,11H2,2-6H3,(H,26,31)/t17-,19+,20+,23-/m1/s1. The number of aryl methyl sites for hydroxylation is 1. The predicted molar refractivity (Wildman–Crippen MR) is 129 cm³/mol. The molecule has 4 atom stereocenters. The largest absolute Gasteiger partial charge is 0.506 e. The highest BCUT2D eigenvalue weighted by Gasteiger charge is 2.53. The minimum atomic E-state index is -1.55. The first-order valence-electron chi connectivity index (χ1n) is 11.5. The van der Waals surface area contributed by atoms with Crippen LogP contribution < -0.4 is 15.8 Å². The van der Waals surface area contributed by atoms with E-state index in [1.807, 2.05) is 5.48 Å². The van der Waals surface area contributed by atoms with Crippen LogP contribution in [-0.2, 0) is 23.8 Å². The first-order chi connectivity index (χ1) is 18.0. The molecule has 38 heavy (non-hydrogen) atoms. The molecule has 3 N–H and O–H groups in total. The lowest BCUT2D eigenvalue weighted by atomic mass is 9.89. The zero-order valence-electron chi connectivity index (χ0n) is 21.4. The molecule has 0 spiro atoms. The number of fused-ring (bicyclic) bond motifs is 1. The van der Waals surface area contributed by atoms with Gasteiger partial charge in [-0.05, 0) is 39.8 Å². The monoisotopic (exact) mass is 535 g/mol. The van der Waals surface area contributed by atoms with Crippen LogP contribution in [0.2, 0.25) is 0 Å². The third-order valence-electron chi connectivity index (χ3n) is 5.80. The molecule has 0 unspecified atom stereocenters. The van der Waals surface area contributed by atoms with Gasteiger partial charge < -0.3 is 38.3 Å². The number of benzene rings is 1. The van der Waals surface area contributed by atoms with Gasteiger partial charge in [0.15, 0.2) is 17.8 Å². The van der Waals surface area contributed by atoms with Crippen LogP contribution in [0.3, 0.4) is 0 Å². The molecule has 1 aliphatic heterocycles. The van der Waals surface area contributed by atoms with Gasteiger partial charge in [-0.1, -0.05) is 5.92 Å². The van der Waals surface area contributed by atoms with Gasteiger partial charge in [-0.25, -0.2) is 14.4 Å². The van der Waals surface area contributed by atoms with Gasteiger partial charge in [-0.2, -0.15) is 5.48 Å². The smallest absolute Gasteiger partial charge is 0.431 e. The Morgan fingerprint density at radius 2 is 2.00 bits per heavy atom. The maximum Gasteiger partial charge on any atom is 0.431 e. The summed E-state index contributed by atoms with van der Waals surface area (Å²) in [5.41, 5.74) is -0.653. The second kappa shape index (κ2) is 11.7. The summed E-state index contributed by atoms with van der Waals surface area (Å²) in [6.45, 7) is 6.17. The Morgan fingerprint density at radius 1 is 1.29 bits per heavy atom. The Bertz CT molecular complexity index is 1290. The lowest BCUT2D eigenvalue weighted by Crippen LogP contribution is -2.65. The number of aliphatic hydroxyl groups excluding tert-OH is 1. The van der Waals surface area contributed by atoms with Gasteiger partial charge in [0.2, 0.25) is 6.29 Å². The number of carbonyl (C=O) groups is 2. The Labute approximate surface area is 217 Å². The lowest BCUT2D eigenvalue weighted by Gasteiger charge is -2.47. The zero-order valence-corrected chi connectivity index (χ0v) is 21.4. The summed E-state index contributed by atoms with van der Waals surface area (Å²) in [5.74, 6) is 0.657. The highest BCUT2D eigenvalue weighted by atomic mass is 16.7. The molecule has 3 rings (SSSR count). The molecule has 13 nitrogen and oxygen atoms in total. The number of aromatic hydroxyl groups is 1. The van der Waals surface area contributed by atoms with E-state index in [1.54, 1.807) is 20.8 Å². The first kappa shape index (κ1) is 28.7. The minimum absolute atomic E-state index is 0.00412. The molecule has 1 fully saturated rings. The molecule has 13 heteroatoms. The van der Waals surface area contributed by atoms with Crippen molar-refractivity contribution in [2.24, 2.45) is 0 Å². The van der Waals surface area contributed by atoms with E-state index >= 15 is 0 Å². The third kappa shape index (κ3) is 5.68. The Balaban J connectivity index is 1.93. The summed E-state index contributed by atoms with van der Waals surface area (Å²) in [6, 6.07) is 2.79. The summed E-state index contributed by atoms with van der Waals surface area (Å²) in [4.78, 5) is 41.5. The van der Waals surface area contributed by atoms with Crippen LogP contribution in [0.15, 0.2) is 21.3 Å². The van der Waals surface area contributed by atoms with Crippen LogP contribution in [0.4, 0.5) is 4.79 Å². The number of ether oxygens (including phenoxy) is 5. The van der Waals surface area contributed by atoms with E-state index in [0.717, 1.165) is 0 Å². The number of hydroxylamine groups is 1. The molecular weight excluding hydrogens is 506 g/mol. The second-order valence-corrected chi connectivity index (χ2v) is 8.72. The number of terminal acetylenes is 1. The summed E-state index contributed by atoms with van der Waals surface area (Å²) in [7, 11) is 1.36. The minimum Gasteiger partial charge on any atom is -0.506 e. The Morgan fingerprint density at radius 3 is 2.63 bits per heavy atom. The van der Waals surface area contributed by atoms with Crippen molar-refractivity contribution in [1.82, 2.24) is 5.48 Å². The van der Waals surface area contributed by atoms with Gasteiger partial charge in [0, 0.05) is 12.7 Å². The zero-order chi connectivity index (χ0) is 28.2.